The summed E-state index contributed by atoms with van der Waals surface area (Å²) in [5.41, 5.74) is 13.3. The molecule has 41 heavy (non-hydrogen) atoms. The summed E-state index contributed by atoms with van der Waals surface area (Å²) in [5.74, 6) is -2.73. The first-order chi connectivity index (χ1) is 19.1. The van der Waals surface area contributed by atoms with Gasteiger partial charge in [-0.25, -0.2) is 13.2 Å². The number of carboxylic acid groups (broad SMARTS) is 1. The number of sulfone groups is 1. The summed E-state index contributed by atoms with van der Waals surface area (Å²) >= 11 is 0. The van der Waals surface area contributed by atoms with Crippen LogP contribution in [0.2, 0.25) is 0 Å². The van der Waals surface area contributed by atoms with E-state index in [1.54, 1.807) is 54.5 Å². The highest BCUT2D eigenvalue weighted by Gasteiger charge is 2.38. The fourth-order valence-electron chi connectivity index (χ4n) is 4.02. The van der Waals surface area contributed by atoms with Crippen molar-refractivity contribution in [3.05, 3.63) is 65.7 Å². The molecule has 1 heterocycles. The maximum atomic E-state index is 12.9. The zero-order chi connectivity index (χ0) is 30.5. The van der Waals surface area contributed by atoms with Gasteiger partial charge in [0.25, 0.3) is 0 Å². The number of halogens is 3. The molecule has 1 amide bonds. The van der Waals surface area contributed by atoms with Crippen molar-refractivity contribution in [1.82, 2.24) is 10.2 Å². The molecule has 1 aliphatic rings. The summed E-state index contributed by atoms with van der Waals surface area (Å²) < 4.78 is 62.9. The van der Waals surface area contributed by atoms with Crippen molar-refractivity contribution in [2.24, 2.45) is 5.73 Å². The Bertz CT molecular complexity index is 1580. The predicted molar refractivity (Wildman–Crippen MR) is 145 cm³/mol. The lowest BCUT2D eigenvalue weighted by Crippen LogP contribution is -2.40. The topological polar surface area (TPSA) is 189 Å². The largest absolute Gasteiger partial charge is 0.497 e. The van der Waals surface area contributed by atoms with E-state index in [1.165, 1.54) is 0 Å². The highest BCUT2D eigenvalue weighted by atomic mass is 32.2. The molecule has 7 N–H and O–H groups in total. The van der Waals surface area contributed by atoms with E-state index in [9.17, 15) is 26.4 Å². The van der Waals surface area contributed by atoms with Gasteiger partial charge in [0.1, 0.15) is 17.5 Å². The van der Waals surface area contributed by atoms with Crippen LogP contribution >= 0.6 is 0 Å². The van der Waals surface area contributed by atoms with Crippen molar-refractivity contribution < 1.29 is 41.0 Å². The Morgan fingerprint density at radius 1 is 1.15 bits per heavy atom. The van der Waals surface area contributed by atoms with E-state index in [0.717, 1.165) is 10.8 Å². The van der Waals surface area contributed by atoms with Gasteiger partial charge in [0.2, 0.25) is 5.91 Å². The second kappa shape index (κ2) is 12.4. The van der Waals surface area contributed by atoms with Crippen molar-refractivity contribution in [2.75, 3.05) is 25.3 Å². The van der Waals surface area contributed by atoms with Crippen molar-refractivity contribution in [3.8, 4) is 5.75 Å². The number of nitrogen functional groups attached to an aromatic ring is 2. The molecule has 11 nitrogen and oxygen atoms in total. The number of methoxy groups -OCH3 is 1. The number of carboxylic acids is 1. The smallest absolute Gasteiger partial charge is 0.490 e. The predicted octanol–water partition coefficient (Wildman–Crippen LogP) is 2.47. The standard InChI is InChI=1S/C24H27N5O4S.C2HF3O2/c1-33-19-5-2-15-3-6-20(12-17(15)11-19)34(31,32)14-28-22-8-9-29(24(22)30)13-18-10-16(23(26)27)4-7-21(18)25;3-2(4,5)1(6)7/h2-7,10-12,22,28H,8-9,13-14,25H2,1H3,(H3,26,27);(H,6,7)/t22-;/m0./s1. The Morgan fingerprint density at radius 2 is 1.80 bits per heavy atom. The summed E-state index contributed by atoms with van der Waals surface area (Å²) in [6.45, 7) is 0.735. The molecule has 0 saturated carbocycles. The molecule has 0 unspecified atom stereocenters. The molecule has 1 fully saturated rings. The number of amidine groups is 1. The summed E-state index contributed by atoms with van der Waals surface area (Å²) in [6, 6.07) is 14.8. The van der Waals surface area contributed by atoms with Gasteiger partial charge < -0.3 is 26.2 Å². The Kier molecular flexibility index (Phi) is 9.45. The quantitative estimate of drug-likeness (QED) is 0.148. The molecular formula is C26H28F3N5O6S. The van der Waals surface area contributed by atoms with Crippen LogP contribution in [0, 0.1) is 5.41 Å². The number of rotatable bonds is 8. The van der Waals surface area contributed by atoms with E-state index in [1.807, 2.05) is 12.1 Å². The third kappa shape index (κ3) is 7.85. The number of benzene rings is 3. The van der Waals surface area contributed by atoms with Gasteiger partial charge in [-0.3, -0.25) is 15.5 Å². The van der Waals surface area contributed by atoms with Crippen LogP contribution in [-0.4, -0.2) is 67.9 Å². The van der Waals surface area contributed by atoms with Crippen LogP contribution in [0.15, 0.2) is 59.5 Å². The Balaban J connectivity index is 0.000000587. The number of anilines is 1. The molecule has 0 bridgehead atoms. The van der Waals surface area contributed by atoms with Gasteiger partial charge >= 0.3 is 12.1 Å². The van der Waals surface area contributed by atoms with E-state index in [0.29, 0.717) is 35.5 Å². The maximum Gasteiger partial charge on any atom is 0.490 e. The normalized spacial score (nSPS) is 15.4. The van der Waals surface area contributed by atoms with Gasteiger partial charge in [-0.15, -0.1) is 0 Å². The summed E-state index contributed by atoms with van der Waals surface area (Å²) in [5, 5.41) is 19.3. The lowest BCUT2D eigenvalue weighted by Gasteiger charge is -2.19. The Morgan fingerprint density at radius 3 is 2.41 bits per heavy atom. The number of fused-ring (bicyclic) bond motifs is 1. The van der Waals surface area contributed by atoms with Crippen LogP contribution in [0.5, 0.6) is 5.75 Å². The number of nitrogens with one attached hydrogen (secondary N) is 2. The van der Waals surface area contributed by atoms with Crippen LogP contribution in [-0.2, 0) is 26.0 Å². The highest BCUT2D eigenvalue weighted by molar-refractivity contribution is 7.91. The Hall–Kier alpha value is -4.37. The minimum atomic E-state index is -5.08. The average molecular weight is 596 g/mol. The van der Waals surface area contributed by atoms with Crippen molar-refractivity contribution in [1.29, 1.82) is 5.41 Å². The summed E-state index contributed by atoms with van der Waals surface area (Å²) in [4.78, 5) is 23.6. The van der Waals surface area contributed by atoms with Gasteiger partial charge in [0.15, 0.2) is 9.84 Å². The number of hydrogen-bond donors (Lipinski definition) is 5. The molecule has 3 aromatic rings. The lowest BCUT2D eigenvalue weighted by molar-refractivity contribution is -0.192. The van der Waals surface area contributed by atoms with Crippen molar-refractivity contribution in [2.45, 2.75) is 30.1 Å². The van der Waals surface area contributed by atoms with E-state index in [2.05, 4.69) is 5.32 Å². The fraction of sp³-hybridized carbons (Fsp3) is 0.269. The van der Waals surface area contributed by atoms with Crippen molar-refractivity contribution >= 4 is 44.0 Å². The average Bonchev–Trinajstić information content (AvgIpc) is 3.26. The molecule has 1 saturated heterocycles. The van der Waals surface area contributed by atoms with Crippen molar-refractivity contribution in [3.63, 3.8) is 0 Å². The monoisotopic (exact) mass is 595 g/mol. The number of alkyl halides is 3. The third-order valence-corrected chi connectivity index (χ3v) is 7.77. The highest BCUT2D eigenvalue weighted by Crippen LogP contribution is 2.25. The number of ether oxygens (including phenoxy) is 1. The van der Waals surface area contributed by atoms with Gasteiger partial charge in [-0.2, -0.15) is 13.2 Å². The van der Waals surface area contributed by atoms with E-state index in [4.69, 9.17) is 31.5 Å². The zero-order valence-electron chi connectivity index (χ0n) is 21.7. The number of carbonyl (C=O) groups excluding carboxylic acids is 1. The van der Waals surface area contributed by atoms with Gasteiger partial charge in [0.05, 0.1) is 18.0 Å². The first-order valence-electron chi connectivity index (χ1n) is 12.0. The molecule has 0 aromatic heterocycles. The second-order valence-electron chi connectivity index (χ2n) is 9.07. The van der Waals surface area contributed by atoms with Gasteiger partial charge in [-0.05, 0) is 65.2 Å². The lowest BCUT2D eigenvalue weighted by atomic mass is 10.1. The third-order valence-electron chi connectivity index (χ3n) is 6.25. The number of likely N-dealkylation sites (tertiary alicyclic amines) is 1. The number of nitrogens with two attached hydrogens (primary N) is 2. The zero-order valence-corrected chi connectivity index (χ0v) is 22.6. The van der Waals surface area contributed by atoms with E-state index < -0.39 is 28.0 Å². The molecule has 3 aromatic carbocycles. The van der Waals surface area contributed by atoms with Crippen LogP contribution in [0.4, 0.5) is 18.9 Å². The van der Waals surface area contributed by atoms with E-state index >= 15 is 0 Å². The molecule has 1 aliphatic heterocycles. The fourth-order valence-corrected chi connectivity index (χ4v) is 5.19. The molecule has 0 aliphatic carbocycles. The maximum absolute atomic E-state index is 12.9. The number of aliphatic carboxylic acids is 1. The minimum absolute atomic E-state index is 0.0779. The number of amides is 1. The van der Waals surface area contributed by atoms with Crippen LogP contribution in [0.3, 0.4) is 0 Å². The Labute approximate surface area is 233 Å². The van der Waals surface area contributed by atoms with Crippen LogP contribution in [0.25, 0.3) is 10.8 Å². The SMILES string of the molecule is COc1ccc2ccc(S(=O)(=O)CN[C@H]3CCN(Cc4cc(C(=N)N)ccc4N)C3=O)cc2c1.O=C(O)C(F)(F)F. The molecule has 0 spiro atoms. The number of carbonyl (C=O) groups is 2. The molecule has 4 rings (SSSR count). The van der Waals surface area contributed by atoms with E-state index in [-0.39, 0.29) is 29.1 Å². The van der Waals surface area contributed by atoms with Gasteiger partial charge in [-0.1, -0.05) is 12.1 Å². The molecule has 220 valence electrons. The molecular weight excluding hydrogens is 567 g/mol. The molecule has 0 radical (unpaired) electrons. The summed E-state index contributed by atoms with van der Waals surface area (Å²) in [7, 11) is -2.10. The van der Waals surface area contributed by atoms with Crippen LogP contribution in [0.1, 0.15) is 17.5 Å². The molecule has 15 heteroatoms. The number of hydrogen-bond acceptors (Lipinski definition) is 8. The molecule has 1 atom stereocenters. The van der Waals surface area contributed by atoms with Gasteiger partial charge in [0, 0.05) is 24.3 Å². The first kappa shape index (κ1) is 31.2. The van der Waals surface area contributed by atoms with Crippen LogP contribution < -0.4 is 21.5 Å². The first-order valence-corrected chi connectivity index (χ1v) is 13.6. The number of nitrogens with zero attached hydrogens (tertiary/aromatic N) is 1. The summed E-state index contributed by atoms with van der Waals surface area (Å²) in [6.07, 6.45) is -4.60. The minimum Gasteiger partial charge on any atom is -0.497 e. The second-order valence-corrected chi connectivity index (χ2v) is 11.1.